The highest BCUT2D eigenvalue weighted by Crippen LogP contribution is 2.59. The molecule has 0 bridgehead atoms. The predicted molar refractivity (Wildman–Crippen MR) is 141 cm³/mol. The molecule has 0 amide bonds. The van der Waals surface area contributed by atoms with Crippen LogP contribution in [0.1, 0.15) is 19.4 Å². The lowest BCUT2D eigenvalue weighted by molar-refractivity contribution is 0.593. The van der Waals surface area contributed by atoms with Gasteiger partial charge in [-0.15, -0.1) is 5.73 Å². The van der Waals surface area contributed by atoms with Gasteiger partial charge in [0.2, 0.25) is 0 Å². The summed E-state index contributed by atoms with van der Waals surface area (Å²) in [4.78, 5) is 0. The van der Waals surface area contributed by atoms with Gasteiger partial charge >= 0.3 is 0 Å². The summed E-state index contributed by atoms with van der Waals surface area (Å²) in [6.07, 6.45) is 16.8. The van der Waals surface area contributed by atoms with Crippen LogP contribution in [0.25, 0.3) is 0 Å². The average molecular weight is 469 g/mol. The highest BCUT2D eigenvalue weighted by atomic mass is 31.1. The average Bonchev–Trinajstić information content (AvgIpc) is 3.61. The minimum Gasteiger partial charge on any atom is -0.464 e. The number of rotatable bonds is 7. The van der Waals surface area contributed by atoms with Crippen molar-refractivity contribution in [3.05, 3.63) is 125 Å². The minimum absolute atomic E-state index is 0.301. The molecule has 3 atom stereocenters. The fraction of sp³-hybridized carbons (Fsp3) is 0.172. The van der Waals surface area contributed by atoms with Crippen LogP contribution >= 0.6 is 15.8 Å². The maximum absolute atomic E-state index is 5.91. The topological polar surface area (TPSA) is 26.3 Å². The molecule has 2 nitrogen and oxygen atoms in total. The summed E-state index contributed by atoms with van der Waals surface area (Å²) in [6.45, 7) is 6.92. The van der Waals surface area contributed by atoms with Gasteiger partial charge in [-0.2, -0.15) is 0 Å². The molecule has 4 heteroatoms. The zero-order valence-corrected chi connectivity index (χ0v) is 20.9. The number of allylic oxidation sites excluding steroid dienone is 7. The van der Waals surface area contributed by atoms with Crippen molar-refractivity contribution in [1.82, 2.24) is 0 Å². The van der Waals surface area contributed by atoms with Crippen LogP contribution in [-0.4, -0.2) is 5.66 Å². The number of hydrogen-bond acceptors (Lipinski definition) is 2. The van der Waals surface area contributed by atoms with Crippen LogP contribution in [0.15, 0.2) is 122 Å². The van der Waals surface area contributed by atoms with E-state index in [9.17, 15) is 0 Å². The first kappa shape index (κ1) is 22.2. The molecule has 2 aliphatic rings. The molecule has 2 aliphatic carbocycles. The SMILES string of the molecule is Cc1ccccc1P(C1=C[CH]C=CC1C)[C@H](C)C1=C=CC=C1P(c1ccco1)c1ccco1. The summed E-state index contributed by atoms with van der Waals surface area (Å²) < 4.78 is 11.8. The lowest BCUT2D eigenvalue weighted by Crippen LogP contribution is -2.21. The van der Waals surface area contributed by atoms with E-state index in [0.29, 0.717) is 11.6 Å². The molecule has 0 saturated heterocycles. The first-order valence-electron chi connectivity index (χ1n) is 11.3. The van der Waals surface area contributed by atoms with Gasteiger partial charge in [0.25, 0.3) is 0 Å². The second-order valence-electron chi connectivity index (χ2n) is 8.30. The predicted octanol–water partition coefficient (Wildman–Crippen LogP) is 7.08. The molecular formula is C29H27O2P2. The first-order chi connectivity index (χ1) is 16.1. The van der Waals surface area contributed by atoms with Crippen LogP contribution in [0.2, 0.25) is 0 Å². The third-order valence-corrected chi connectivity index (χ3v) is 11.6. The zero-order chi connectivity index (χ0) is 22.8. The van der Waals surface area contributed by atoms with Gasteiger partial charge < -0.3 is 8.83 Å². The molecule has 2 aromatic heterocycles. The van der Waals surface area contributed by atoms with E-state index in [1.165, 1.54) is 27.1 Å². The molecular weight excluding hydrogens is 442 g/mol. The van der Waals surface area contributed by atoms with Crippen molar-refractivity contribution in [2.45, 2.75) is 26.4 Å². The molecule has 0 N–H and O–H groups in total. The molecule has 0 fully saturated rings. The Labute approximate surface area is 198 Å². The summed E-state index contributed by atoms with van der Waals surface area (Å²) in [5, 5.41) is 4.23. The number of aryl methyl sites for hydroxylation is 1. The first-order valence-corrected chi connectivity index (χ1v) is 14.0. The van der Waals surface area contributed by atoms with Crippen LogP contribution in [-0.2, 0) is 0 Å². The molecule has 0 aliphatic heterocycles. The van der Waals surface area contributed by atoms with Gasteiger partial charge in [-0.25, -0.2) is 0 Å². The lowest BCUT2D eigenvalue weighted by atomic mass is 10.1. The number of benzene rings is 1. The quantitative estimate of drug-likeness (QED) is 0.273. The fourth-order valence-corrected chi connectivity index (χ4v) is 9.92. The normalized spacial score (nSPS) is 19.4. The van der Waals surface area contributed by atoms with Crippen LogP contribution in [0.3, 0.4) is 0 Å². The molecule has 0 spiro atoms. The van der Waals surface area contributed by atoms with Crippen LogP contribution in [0.4, 0.5) is 0 Å². The molecule has 1 aromatic carbocycles. The van der Waals surface area contributed by atoms with E-state index in [4.69, 9.17) is 8.83 Å². The summed E-state index contributed by atoms with van der Waals surface area (Å²) in [7, 11) is -1.52. The maximum atomic E-state index is 5.91. The van der Waals surface area contributed by atoms with E-state index in [-0.39, 0.29) is 0 Å². The highest BCUT2D eigenvalue weighted by Gasteiger charge is 2.35. The monoisotopic (exact) mass is 469 g/mol. The van der Waals surface area contributed by atoms with E-state index in [1.807, 2.05) is 12.1 Å². The van der Waals surface area contributed by atoms with E-state index in [1.54, 1.807) is 12.5 Å². The van der Waals surface area contributed by atoms with Gasteiger partial charge in [-0.05, 0) is 73.4 Å². The third-order valence-electron chi connectivity index (χ3n) is 6.15. The van der Waals surface area contributed by atoms with Crippen molar-refractivity contribution < 1.29 is 8.83 Å². The van der Waals surface area contributed by atoms with Crippen LogP contribution in [0.5, 0.6) is 0 Å². The van der Waals surface area contributed by atoms with E-state index in [2.05, 4.69) is 99.7 Å². The van der Waals surface area contributed by atoms with Crippen molar-refractivity contribution in [1.29, 1.82) is 0 Å². The summed E-state index contributed by atoms with van der Waals surface area (Å²) >= 11 is 0. The standard InChI is InChI=1S/C29H27O2P2/c1-21-11-4-6-14-25(21)32(26-15-7-5-12-22(26)2)23(3)24-13-8-16-27(24)33(28-17-9-19-30-28)29-18-10-20-31-29/h4-12,14-21,23H,1-3H3/t21?,23-,32?/m1/s1. The molecule has 33 heavy (non-hydrogen) atoms. The Bertz CT molecular complexity index is 1230. The second kappa shape index (κ2) is 9.70. The van der Waals surface area contributed by atoms with E-state index in [0.717, 1.165) is 11.0 Å². The maximum Gasteiger partial charge on any atom is 0.137 e. The second-order valence-corrected chi connectivity index (χ2v) is 12.9. The van der Waals surface area contributed by atoms with Crippen LogP contribution < -0.4 is 16.3 Å². The van der Waals surface area contributed by atoms with Gasteiger partial charge in [0.15, 0.2) is 0 Å². The molecule has 5 rings (SSSR count). The van der Waals surface area contributed by atoms with Gasteiger partial charge in [-0.3, -0.25) is 0 Å². The number of furan rings is 2. The summed E-state index contributed by atoms with van der Waals surface area (Å²) in [5.74, 6) is 0.415. The van der Waals surface area contributed by atoms with Crippen molar-refractivity contribution in [2.24, 2.45) is 5.92 Å². The van der Waals surface area contributed by atoms with E-state index >= 15 is 0 Å². The Kier molecular flexibility index (Phi) is 6.52. The van der Waals surface area contributed by atoms with Crippen LogP contribution in [0, 0.1) is 19.3 Å². The molecule has 1 radical (unpaired) electrons. The molecule has 2 unspecified atom stereocenters. The largest absolute Gasteiger partial charge is 0.464 e. The Balaban J connectivity index is 1.58. The minimum atomic E-state index is -0.913. The van der Waals surface area contributed by atoms with E-state index < -0.39 is 15.8 Å². The van der Waals surface area contributed by atoms with Crippen molar-refractivity contribution in [2.75, 3.05) is 0 Å². The smallest absolute Gasteiger partial charge is 0.137 e. The van der Waals surface area contributed by atoms with Gasteiger partial charge in [0.05, 0.1) is 20.4 Å². The van der Waals surface area contributed by atoms with Crippen molar-refractivity contribution in [3.8, 4) is 0 Å². The van der Waals surface area contributed by atoms with Gasteiger partial charge in [0, 0.05) is 23.0 Å². The third kappa shape index (κ3) is 4.32. The fourth-order valence-electron chi connectivity index (χ4n) is 4.51. The summed E-state index contributed by atoms with van der Waals surface area (Å²) in [6, 6.07) is 16.9. The molecule has 2 heterocycles. The Morgan fingerprint density at radius 2 is 1.67 bits per heavy atom. The van der Waals surface area contributed by atoms with Gasteiger partial charge in [-0.1, -0.05) is 56.3 Å². The Morgan fingerprint density at radius 1 is 0.939 bits per heavy atom. The van der Waals surface area contributed by atoms with Gasteiger partial charge in [0.1, 0.15) is 11.0 Å². The number of hydrogen-bond donors (Lipinski definition) is 0. The molecule has 0 saturated carbocycles. The Hall–Kier alpha value is -2.62. The van der Waals surface area contributed by atoms with Crippen molar-refractivity contribution in [3.63, 3.8) is 0 Å². The highest BCUT2D eigenvalue weighted by molar-refractivity contribution is 7.76. The molecule has 165 valence electrons. The summed E-state index contributed by atoms with van der Waals surface area (Å²) in [5.41, 5.74) is 8.46. The lowest BCUT2D eigenvalue weighted by Gasteiger charge is -2.34. The zero-order valence-electron chi connectivity index (χ0n) is 19.1. The Morgan fingerprint density at radius 3 is 2.30 bits per heavy atom. The van der Waals surface area contributed by atoms with Crippen molar-refractivity contribution >= 4 is 32.2 Å². The molecule has 3 aromatic rings.